The van der Waals surface area contributed by atoms with Gasteiger partial charge in [0.25, 0.3) is 0 Å². The monoisotopic (exact) mass is 219 g/mol. The highest BCUT2D eigenvalue weighted by atomic mass is 16.4. The zero-order chi connectivity index (χ0) is 11.6. The van der Waals surface area contributed by atoms with Crippen molar-refractivity contribution in [2.24, 2.45) is 5.92 Å². The minimum absolute atomic E-state index is 0.571. The minimum atomic E-state index is -0.701. The fourth-order valence-electron chi connectivity index (χ4n) is 2.72. The second-order valence-electron chi connectivity index (χ2n) is 4.69. The molecule has 1 heterocycles. The van der Waals surface area contributed by atoms with Crippen LogP contribution < -0.4 is 0 Å². The summed E-state index contributed by atoms with van der Waals surface area (Å²) in [7, 11) is 0. The standard InChI is InChI=1S/C13H17NO2/c1-2-4-10-7-13(8-10,12(15)16)11-5-3-6-14-9-11/h3,5-6,9-10H,2,4,7-8H2,1H3,(H,15,16). The number of hydrogen-bond acceptors (Lipinski definition) is 2. The molecular weight excluding hydrogens is 202 g/mol. The van der Waals surface area contributed by atoms with Gasteiger partial charge < -0.3 is 5.11 Å². The van der Waals surface area contributed by atoms with Crippen LogP contribution in [0.5, 0.6) is 0 Å². The SMILES string of the molecule is CCCC1CC(C(=O)O)(c2cccnc2)C1. The number of rotatable bonds is 4. The Morgan fingerprint density at radius 3 is 2.88 bits per heavy atom. The summed E-state index contributed by atoms with van der Waals surface area (Å²) in [5, 5.41) is 9.40. The molecule has 1 N–H and O–H groups in total. The van der Waals surface area contributed by atoms with Crippen molar-refractivity contribution in [3.8, 4) is 0 Å². The van der Waals surface area contributed by atoms with Crippen molar-refractivity contribution >= 4 is 5.97 Å². The normalized spacial score (nSPS) is 28.4. The Morgan fingerprint density at radius 1 is 1.62 bits per heavy atom. The Labute approximate surface area is 95.5 Å². The van der Waals surface area contributed by atoms with E-state index in [1.54, 1.807) is 12.4 Å². The van der Waals surface area contributed by atoms with Gasteiger partial charge in [-0.25, -0.2) is 0 Å². The number of pyridine rings is 1. The van der Waals surface area contributed by atoms with Gasteiger partial charge in [-0.2, -0.15) is 0 Å². The van der Waals surface area contributed by atoms with Gasteiger partial charge in [0.2, 0.25) is 0 Å². The van der Waals surface area contributed by atoms with Gasteiger partial charge in [-0.1, -0.05) is 25.8 Å². The summed E-state index contributed by atoms with van der Waals surface area (Å²) >= 11 is 0. The second kappa shape index (κ2) is 4.24. The average molecular weight is 219 g/mol. The molecule has 0 aromatic carbocycles. The third-order valence-corrected chi connectivity index (χ3v) is 3.59. The first-order chi connectivity index (χ1) is 7.69. The molecule has 86 valence electrons. The topological polar surface area (TPSA) is 50.2 Å². The van der Waals surface area contributed by atoms with Crippen LogP contribution in [0.1, 0.15) is 38.2 Å². The third kappa shape index (κ3) is 1.70. The molecule has 1 aromatic rings. The molecule has 1 aliphatic carbocycles. The van der Waals surface area contributed by atoms with Crippen molar-refractivity contribution in [1.82, 2.24) is 4.98 Å². The molecular formula is C13H17NO2. The number of aromatic nitrogens is 1. The number of carbonyl (C=O) groups is 1. The first-order valence-electron chi connectivity index (χ1n) is 5.83. The summed E-state index contributed by atoms with van der Waals surface area (Å²) in [6.45, 7) is 2.14. The lowest BCUT2D eigenvalue weighted by Crippen LogP contribution is -2.47. The summed E-state index contributed by atoms with van der Waals surface area (Å²) in [5.74, 6) is -0.130. The molecule has 3 heteroatoms. The summed E-state index contributed by atoms with van der Waals surface area (Å²) in [4.78, 5) is 15.4. The second-order valence-corrected chi connectivity index (χ2v) is 4.69. The summed E-state index contributed by atoms with van der Waals surface area (Å²) < 4.78 is 0. The molecule has 1 fully saturated rings. The zero-order valence-corrected chi connectivity index (χ0v) is 9.52. The lowest BCUT2D eigenvalue weighted by atomic mass is 9.58. The Hall–Kier alpha value is -1.38. The van der Waals surface area contributed by atoms with Gasteiger partial charge in [0, 0.05) is 12.4 Å². The molecule has 3 nitrogen and oxygen atoms in total. The maximum atomic E-state index is 11.4. The van der Waals surface area contributed by atoms with E-state index in [0.29, 0.717) is 5.92 Å². The average Bonchev–Trinajstić information content (AvgIpc) is 2.23. The molecule has 16 heavy (non-hydrogen) atoms. The predicted octanol–water partition coefficient (Wildman–Crippen LogP) is 2.61. The van der Waals surface area contributed by atoms with Gasteiger partial charge in [0.15, 0.2) is 0 Å². The van der Waals surface area contributed by atoms with E-state index in [1.807, 2.05) is 12.1 Å². The molecule has 1 aromatic heterocycles. The maximum Gasteiger partial charge on any atom is 0.314 e. The first-order valence-corrected chi connectivity index (χ1v) is 5.83. The van der Waals surface area contributed by atoms with Crippen molar-refractivity contribution in [3.63, 3.8) is 0 Å². The number of carboxylic acid groups (broad SMARTS) is 1. The summed E-state index contributed by atoms with van der Waals surface area (Å²) in [6.07, 6.45) is 7.17. The number of carboxylic acids is 1. The van der Waals surface area contributed by atoms with Gasteiger partial charge in [0.1, 0.15) is 0 Å². The summed E-state index contributed by atoms with van der Waals surface area (Å²) in [6, 6.07) is 3.69. The van der Waals surface area contributed by atoms with Crippen LogP contribution in [0.3, 0.4) is 0 Å². The molecule has 1 saturated carbocycles. The van der Waals surface area contributed by atoms with Crippen LogP contribution in [-0.4, -0.2) is 16.1 Å². The minimum Gasteiger partial charge on any atom is -0.481 e. The van der Waals surface area contributed by atoms with Crippen LogP contribution in [0.15, 0.2) is 24.5 Å². The Balaban J connectivity index is 2.18. The molecule has 1 aliphatic rings. The molecule has 0 radical (unpaired) electrons. The van der Waals surface area contributed by atoms with Crippen LogP contribution in [0.25, 0.3) is 0 Å². The number of hydrogen-bond donors (Lipinski definition) is 1. The van der Waals surface area contributed by atoms with Gasteiger partial charge in [-0.05, 0) is 30.4 Å². The predicted molar refractivity (Wildman–Crippen MR) is 61.2 cm³/mol. The number of nitrogens with zero attached hydrogens (tertiary/aromatic N) is 1. The maximum absolute atomic E-state index is 11.4. The van der Waals surface area contributed by atoms with Gasteiger partial charge in [-0.15, -0.1) is 0 Å². The van der Waals surface area contributed by atoms with Crippen LogP contribution in [0.2, 0.25) is 0 Å². The fraction of sp³-hybridized carbons (Fsp3) is 0.538. The van der Waals surface area contributed by atoms with Gasteiger partial charge in [0.05, 0.1) is 5.41 Å². The molecule has 0 bridgehead atoms. The van der Waals surface area contributed by atoms with Crippen molar-refractivity contribution < 1.29 is 9.90 Å². The third-order valence-electron chi connectivity index (χ3n) is 3.59. The van der Waals surface area contributed by atoms with Crippen molar-refractivity contribution in [2.45, 2.75) is 38.0 Å². The summed E-state index contributed by atoms with van der Waals surface area (Å²) in [5.41, 5.74) is 0.198. The van der Waals surface area contributed by atoms with Crippen LogP contribution in [-0.2, 0) is 10.2 Å². The molecule has 0 unspecified atom stereocenters. The Kier molecular flexibility index (Phi) is 2.95. The van der Waals surface area contributed by atoms with E-state index in [2.05, 4.69) is 11.9 Å². The van der Waals surface area contributed by atoms with E-state index >= 15 is 0 Å². The quantitative estimate of drug-likeness (QED) is 0.846. The fourth-order valence-corrected chi connectivity index (χ4v) is 2.72. The molecule has 0 atom stereocenters. The van der Waals surface area contributed by atoms with Gasteiger partial charge in [-0.3, -0.25) is 9.78 Å². The van der Waals surface area contributed by atoms with Gasteiger partial charge >= 0.3 is 5.97 Å². The lowest BCUT2D eigenvalue weighted by molar-refractivity contribution is -0.150. The highest BCUT2D eigenvalue weighted by Gasteiger charge is 2.51. The van der Waals surface area contributed by atoms with E-state index in [-0.39, 0.29) is 0 Å². The molecule has 0 saturated heterocycles. The van der Waals surface area contributed by atoms with Crippen LogP contribution >= 0.6 is 0 Å². The Morgan fingerprint density at radius 2 is 2.38 bits per heavy atom. The van der Waals surface area contributed by atoms with E-state index in [1.165, 1.54) is 0 Å². The molecule has 2 rings (SSSR count). The zero-order valence-electron chi connectivity index (χ0n) is 9.52. The van der Waals surface area contributed by atoms with E-state index in [4.69, 9.17) is 0 Å². The lowest BCUT2D eigenvalue weighted by Gasteiger charge is -2.44. The number of aliphatic carboxylic acids is 1. The van der Waals surface area contributed by atoms with Crippen molar-refractivity contribution in [1.29, 1.82) is 0 Å². The first kappa shape index (κ1) is 11.1. The van der Waals surface area contributed by atoms with Crippen LogP contribution in [0, 0.1) is 5.92 Å². The van der Waals surface area contributed by atoms with E-state index in [9.17, 15) is 9.90 Å². The van der Waals surface area contributed by atoms with Crippen molar-refractivity contribution in [3.05, 3.63) is 30.1 Å². The van der Waals surface area contributed by atoms with E-state index < -0.39 is 11.4 Å². The molecule has 0 spiro atoms. The smallest absolute Gasteiger partial charge is 0.314 e. The van der Waals surface area contributed by atoms with E-state index in [0.717, 1.165) is 31.2 Å². The van der Waals surface area contributed by atoms with Crippen molar-refractivity contribution in [2.75, 3.05) is 0 Å². The largest absolute Gasteiger partial charge is 0.481 e. The molecule has 0 aliphatic heterocycles. The Bertz CT molecular complexity index is 369. The molecule has 0 amide bonds. The highest BCUT2D eigenvalue weighted by Crippen LogP contribution is 2.49. The van der Waals surface area contributed by atoms with Crippen LogP contribution in [0.4, 0.5) is 0 Å². The highest BCUT2D eigenvalue weighted by molar-refractivity contribution is 5.82.